The Hall–Kier alpha value is -2.99. The number of hydrogen-bond donors (Lipinski definition) is 5. The van der Waals surface area contributed by atoms with E-state index in [4.69, 9.17) is 17.2 Å². The van der Waals surface area contributed by atoms with Crippen molar-refractivity contribution >= 4 is 29.7 Å². The number of nitrogens with one attached hydrogen (secondary N) is 2. The SMILES string of the molecule is CN[C@@H](Cc1ccccc1)C(=O)N[C@@H](CCCN)C(=O)N1CCC[C@H]1C(=O)C(C1CCCCC1)[C@](N)(C=O)C(=O)[C@H](N)CC1CCCCC1. The molecule has 11 nitrogen and oxygen atoms in total. The van der Waals surface area contributed by atoms with Gasteiger partial charge in [0.2, 0.25) is 11.8 Å². The van der Waals surface area contributed by atoms with Crippen molar-refractivity contribution in [2.24, 2.45) is 35.0 Å². The monoisotopic (exact) mass is 680 g/mol. The molecule has 0 radical (unpaired) electrons. The number of hydrogen-bond acceptors (Lipinski definition) is 9. The number of nitrogens with two attached hydrogens (primary N) is 3. The van der Waals surface area contributed by atoms with E-state index in [0.29, 0.717) is 76.7 Å². The van der Waals surface area contributed by atoms with E-state index in [-0.39, 0.29) is 23.5 Å². The second-order valence-electron chi connectivity index (χ2n) is 14.8. The predicted octanol–water partition coefficient (Wildman–Crippen LogP) is 2.56. The minimum Gasteiger partial charge on any atom is -0.343 e. The summed E-state index contributed by atoms with van der Waals surface area (Å²) >= 11 is 0. The number of amides is 2. The summed E-state index contributed by atoms with van der Waals surface area (Å²) < 4.78 is 0. The van der Waals surface area contributed by atoms with Crippen molar-refractivity contribution in [1.82, 2.24) is 15.5 Å². The van der Waals surface area contributed by atoms with Crippen LogP contribution in [-0.4, -0.2) is 84.4 Å². The molecule has 1 unspecified atom stereocenters. The molecule has 1 aromatic rings. The maximum absolute atomic E-state index is 14.8. The Balaban J connectivity index is 1.56. The Morgan fingerprint density at radius 1 is 0.939 bits per heavy atom. The van der Waals surface area contributed by atoms with Gasteiger partial charge >= 0.3 is 0 Å². The lowest BCUT2D eigenvalue weighted by Gasteiger charge is -2.41. The van der Waals surface area contributed by atoms with Gasteiger partial charge in [-0.25, -0.2) is 0 Å². The van der Waals surface area contributed by atoms with Gasteiger partial charge in [-0.15, -0.1) is 0 Å². The molecule has 8 N–H and O–H groups in total. The lowest BCUT2D eigenvalue weighted by atomic mass is 9.65. The number of benzene rings is 1. The molecular formula is C38H60N6O5. The van der Waals surface area contributed by atoms with Crippen LogP contribution in [0, 0.1) is 17.8 Å². The van der Waals surface area contributed by atoms with E-state index < -0.39 is 41.4 Å². The van der Waals surface area contributed by atoms with Gasteiger partial charge < -0.3 is 37.5 Å². The first-order valence-electron chi connectivity index (χ1n) is 18.8. The molecule has 0 spiro atoms. The fourth-order valence-electron chi connectivity index (χ4n) is 8.58. The van der Waals surface area contributed by atoms with E-state index >= 15 is 0 Å². The Kier molecular flexibility index (Phi) is 14.9. The second-order valence-corrected chi connectivity index (χ2v) is 14.8. The topological polar surface area (TPSA) is 191 Å². The van der Waals surface area contributed by atoms with Crippen molar-refractivity contribution in [2.75, 3.05) is 20.1 Å². The largest absolute Gasteiger partial charge is 0.343 e. The molecule has 272 valence electrons. The summed E-state index contributed by atoms with van der Waals surface area (Å²) in [5.74, 6) is -2.63. The molecule has 2 saturated carbocycles. The number of carbonyl (C=O) groups is 5. The van der Waals surface area contributed by atoms with E-state index in [2.05, 4.69) is 10.6 Å². The molecule has 11 heteroatoms. The Morgan fingerprint density at radius 3 is 2.20 bits per heavy atom. The fourth-order valence-corrected chi connectivity index (χ4v) is 8.58. The van der Waals surface area contributed by atoms with E-state index in [9.17, 15) is 24.0 Å². The molecule has 3 fully saturated rings. The molecule has 6 atom stereocenters. The maximum atomic E-state index is 14.8. The number of nitrogens with zero attached hydrogens (tertiary/aromatic N) is 1. The van der Waals surface area contributed by atoms with Gasteiger partial charge in [0.05, 0.1) is 24.0 Å². The second kappa shape index (κ2) is 18.8. The minimum absolute atomic E-state index is 0.262. The standard InChI is InChI=1S/C38H60N6O5/c1-42-31(24-27-15-7-3-8-16-27)36(48)43-30(19-11-21-39)37(49)44-22-12-20-32(44)34(46)33(28-17-9-4-10-18-28)38(41,25-45)35(47)29(40)23-26-13-5-2-6-14-26/h3,7-8,15-16,25-26,28-33,42H,2,4-6,9-14,17-24,39-41H2,1H3,(H,43,48)/t29-,30+,31+,32+,33?,38-/m1/s1. The number of likely N-dealkylation sites (N-methyl/N-ethyl adjacent to an activating group) is 1. The summed E-state index contributed by atoms with van der Waals surface area (Å²) in [5.41, 5.74) is 18.1. The predicted molar refractivity (Wildman–Crippen MR) is 190 cm³/mol. The molecule has 1 aliphatic heterocycles. The number of ketones is 2. The summed E-state index contributed by atoms with van der Waals surface area (Å²) in [6.07, 6.45) is 12.6. The van der Waals surface area contributed by atoms with Gasteiger partial charge in [0.25, 0.3) is 0 Å². The zero-order chi connectivity index (χ0) is 35.4. The highest BCUT2D eigenvalue weighted by Gasteiger charge is 2.54. The summed E-state index contributed by atoms with van der Waals surface area (Å²) in [4.78, 5) is 71.1. The molecule has 49 heavy (non-hydrogen) atoms. The lowest BCUT2D eigenvalue weighted by molar-refractivity contribution is -0.147. The molecule has 2 aliphatic carbocycles. The number of Topliss-reactive ketones (excluding diaryl/α,β-unsaturated/α-hetero) is 2. The zero-order valence-corrected chi connectivity index (χ0v) is 29.5. The quantitative estimate of drug-likeness (QED) is 0.115. The van der Waals surface area contributed by atoms with Crippen LogP contribution in [0.4, 0.5) is 0 Å². The molecule has 2 amide bonds. The maximum Gasteiger partial charge on any atom is 0.245 e. The van der Waals surface area contributed by atoms with Crippen LogP contribution < -0.4 is 27.8 Å². The van der Waals surface area contributed by atoms with Gasteiger partial charge in [0, 0.05) is 6.54 Å². The Labute approximate surface area is 292 Å². The Morgan fingerprint density at radius 2 is 1.59 bits per heavy atom. The first-order valence-corrected chi connectivity index (χ1v) is 18.8. The average Bonchev–Trinajstić information content (AvgIpc) is 3.63. The molecule has 0 bridgehead atoms. The van der Waals surface area contributed by atoms with Gasteiger partial charge in [-0.05, 0) is 82.4 Å². The highest BCUT2D eigenvalue weighted by atomic mass is 16.2. The number of aldehydes is 1. The van der Waals surface area contributed by atoms with Crippen LogP contribution in [0.3, 0.4) is 0 Å². The minimum atomic E-state index is -2.07. The van der Waals surface area contributed by atoms with E-state index in [1.54, 1.807) is 11.9 Å². The first-order chi connectivity index (χ1) is 23.6. The van der Waals surface area contributed by atoms with Crippen LogP contribution in [0.1, 0.15) is 102 Å². The molecule has 3 aliphatic rings. The van der Waals surface area contributed by atoms with E-state index in [0.717, 1.165) is 50.5 Å². The Bertz CT molecular complexity index is 1250. The van der Waals surface area contributed by atoms with Crippen LogP contribution in [0.5, 0.6) is 0 Å². The van der Waals surface area contributed by atoms with Crippen LogP contribution in [0.15, 0.2) is 30.3 Å². The van der Waals surface area contributed by atoms with Crippen molar-refractivity contribution in [3.05, 3.63) is 35.9 Å². The normalized spacial score (nSPS) is 22.8. The van der Waals surface area contributed by atoms with Crippen LogP contribution in [0.2, 0.25) is 0 Å². The zero-order valence-electron chi connectivity index (χ0n) is 29.5. The van der Waals surface area contributed by atoms with Crippen molar-refractivity contribution in [3.63, 3.8) is 0 Å². The smallest absolute Gasteiger partial charge is 0.245 e. The highest BCUT2D eigenvalue weighted by Crippen LogP contribution is 2.39. The molecular weight excluding hydrogens is 620 g/mol. The summed E-state index contributed by atoms with van der Waals surface area (Å²) in [6, 6.07) is 6.38. The van der Waals surface area contributed by atoms with Gasteiger partial charge in [-0.3, -0.25) is 19.2 Å². The average molecular weight is 681 g/mol. The molecule has 1 aromatic carbocycles. The first kappa shape index (κ1) is 38.8. The number of rotatable bonds is 18. The fraction of sp³-hybridized carbons (Fsp3) is 0.711. The number of likely N-dealkylation sites (tertiary alicyclic amines) is 1. The van der Waals surface area contributed by atoms with Gasteiger partial charge in [0.15, 0.2) is 11.6 Å². The van der Waals surface area contributed by atoms with Gasteiger partial charge in [-0.2, -0.15) is 0 Å². The third kappa shape index (κ3) is 9.84. The van der Waals surface area contributed by atoms with Gasteiger partial charge in [-0.1, -0.05) is 81.7 Å². The van der Waals surface area contributed by atoms with Crippen molar-refractivity contribution in [3.8, 4) is 0 Å². The molecule has 1 heterocycles. The van der Waals surface area contributed by atoms with Crippen molar-refractivity contribution < 1.29 is 24.0 Å². The highest BCUT2D eigenvalue weighted by molar-refractivity contribution is 6.11. The summed E-state index contributed by atoms with van der Waals surface area (Å²) in [6.45, 7) is 0.665. The van der Waals surface area contributed by atoms with Crippen LogP contribution in [-0.2, 0) is 30.4 Å². The summed E-state index contributed by atoms with van der Waals surface area (Å²) in [7, 11) is 1.71. The third-order valence-corrected chi connectivity index (χ3v) is 11.3. The molecule has 1 saturated heterocycles. The molecule has 0 aromatic heterocycles. The van der Waals surface area contributed by atoms with Crippen molar-refractivity contribution in [1.29, 1.82) is 0 Å². The van der Waals surface area contributed by atoms with Crippen LogP contribution in [0.25, 0.3) is 0 Å². The number of carbonyl (C=O) groups excluding carboxylic acids is 5. The van der Waals surface area contributed by atoms with Crippen LogP contribution >= 0.6 is 0 Å². The molecule has 4 rings (SSSR count). The van der Waals surface area contributed by atoms with E-state index in [1.807, 2.05) is 30.3 Å². The third-order valence-electron chi connectivity index (χ3n) is 11.3. The lowest BCUT2D eigenvalue weighted by Crippen LogP contribution is -2.66. The summed E-state index contributed by atoms with van der Waals surface area (Å²) in [5, 5.41) is 6.02. The van der Waals surface area contributed by atoms with Crippen molar-refractivity contribution in [2.45, 2.75) is 132 Å². The van der Waals surface area contributed by atoms with Gasteiger partial charge in [0.1, 0.15) is 17.9 Å². The van der Waals surface area contributed by atoms with E-state index in [1.165, 1.54) is 6.42 Å².